The average molecular weight is 378 g/mol. The van der Waals surface area contributed by atoms with Crippen LogP contribution < -0.4 is 4.74 Å². The number of nitrogens with zero attached hydrogens (tertiary/aromatic N) is 2. The molecule has 0 saturated carbocycles. The van der Waals surface area contributed by atoms with E-state index in [4.69, 9.17) is 9.47 Å². The van der Waals surface area contributed by atoms with Gasteiger partial charge in [0, 0.05) is 25.7 Å². The number of likely N-dealkylation sites (tertiary alicyclic amines) is 2. The van der Waals surface area contributed by atoms with E-state index in [1.165, 1.54) is 24.8 Å². The molecule has 6 heteroatoms. The van der Waals surface area contributed by atoms with Gasteiger partial charge in [-0.05, 0) is 55.8 Å². The standard InChI is InChI=1S/C21H31FN2O3/c1-26-19-6-4-5-17(15-19)16-24-11-3-2-7-20(24)18-8-12-23(13-9-18)21(25)27-14-10-22/h4-6,15,18,20H,2-3,7-14,16H2,1H3. The maximum absolute atomic E-state index is 12.2. The molecule has 1 atom stereocenters. The number of methoxy groups -OCH3 is 1. The first kappa shape index (κ1) is 19.9. The van der Waals surface area contributed by atoms with Crippen LogP contribution in [0.3, 0.4) is 0 Å². The Morgan fingerprint density at radius 2 is 2.00 bits per heavy atom. The van der Waals surface area contributed by atoms with Crippen LogP contribution in [0, 0.1) is 5.92 Å². The second kappa shape index (κ2) is 9.93. The van der Waals surface area contributed by atoms with Crippen molar-refractivity contribution in [3.8, 4) is 5.75 Å². The number of halogens is 1. The Morgan fingerprint density at radius 3 is 2.74 bits per heavy atom. The van der Waals surface area contributed by atoms with Crippen molar-refractivity contribution in [3.63, 3.8) is 0 Å². The van der Waals surface area contributed by atoms with Crippen molar-refractivity contribution in [2.45, 2.75) is 44.7 Å². The molecule has 1 amide bonds. The zero-order chi connectivity index (χ0) is 19.1. The van der Waals surface area contributed by atoms with Crippen LogP contribution in [-0.2, 0) is 11.3 Å². The van der Waals surface area contributed by atoms with E-state index in [0.717, 1.165) is 31.7 Å². The SMILES string of the molecule is COc1cccc(CN2CCCCC2C2CCN(C(=O)OCCF)CC2)c1. The number of ether oxygens (including phenoxy) is 2. The van der Waals surface area contributed by atoms with E-state index < -0.39 is 6.67 Å². The molecule has 2 heterocycles. The lowest BCUT2D eigenvalue weighted by Gasteiger charge is -2.43. The molecule has 3 rings (SSSR count). The Hall–Kier alpha value is -1.82. The highest BCUT2D eigenvalue weighted by Gasteiger charge is 2.33. The largest absolute Gasteiger partial charge is 0.497 e. The molecule has 0 N–H and O–H groups in total. The third-order valence-corrected chi connectivity index (χ3v) is 5.83. The minimum Gasteiger partial charge on any atom is -0.497 e. The predicted molar refractivity (Wildman–Crippen MR) is 103 cm³/mol. The number of amides is 1. The van der Waals surface area contributed by atoms with Crippen LogP contribution >= 0.6 is 0 Å². The van der Waals surface area contributed by atoms with Crippen LogP contribution in [0.2, 0.25) is 0 Å². The highest BCUT2D eigenvalue weighted by molar-refractivity contribution is 5.67. The summed E-state index contributed by atoms with van der Waals surface area (Å²) in [5.41, 5.74) is 1.29. The summed E-state index contributed by atoms with van der Waals surface area (Å²) in [6, 6.07) is 8.88. The minimum absolute atomic E-state index is 0.143. The van der Waals surface area contributed by atoms with E-state index in [0.29, 0.717) is 25.0 Å². The van der Waals surface area contributed by atoms with Crippen molar-refractivity contribution >= 4 is 6.09 Å². The van der Waals surface area contributed by atoms with Crippen molar-refractivity contribution < 1.29 is 18.7 Å². The van der Waals surface area contributed by atoms with E-state index in [-0.39, 0.29) is 12.7 Å². The van der Waals surface area contributed by atoms with Crippen LogP contribution in [0.5, 0.6) is 5.75 Å². The Morgan fingerprint density at radius 1 is 1.19 bits per heavy atom. The molecule has 0 aromatic heterocycles. The zero-order valence-electron chi connectivity index (χ0n) is 16.2. The highest BCUT2D eigenvalue weighted by atomic mass is 19.1. The minimum atomic E-state index is -0.622. The second-order valence-corrected chi connectivity index (χ2v) is 7.51. The fraction of sp³-hybridized carbons (Fsp3) is 0.667. The lowest BCUT2D eigenvalue weighted by molar-refractivity contribution is 0.0448. The van der Waals surface area contributed by atoms with Crippen LogP contribution in [0.1, 0.15) is 37.7 Å². The summed E-state index contributed by atoms with van der Waals surface area (Å²) in [4.78, 5) is 16.3. The number of rotatable bonds is 6. The van der Waals surface area contributed by atoms with Gasteiger partial charge in [-0.1, -0.05) is 18.6 Å². The highest BCUT2D eigenvalue weighted by Crippen LogP contribution is 2.32. The van der Waals surface area contributed by atoms with Crippen molar-refractivity contribution in [3.05, 3.63) is 29.8 Å². The van der Waals surface area contributed by atoms with Crippen molar-refractivity contribution in [1.29, 1.82) is 0 Å². The molecule has 5 nitrogen and oxygen atoms in total. The molecule has 2 fully saturated rings. The number of carbonyl (C=O) groups is 1. The average Bonchev–Trinajstić information content (AvgIpc) is 2.72. The van der Waals surface area contributed by atoms with Crippen molar-refractivity contribution in [2.75, 3.05) is 40.0 Å². The van der Waals surface area contributed by atoms with Gasteiger partial charge in [0.1, 0.15) is 19.0 Å². The van der Waals surface area contributed by atoms with Crippen LogP contribution in [-0.4, -0.2) is 62.0 Å². The predicted octanol–water partition coefficient (Wildman–Crippen LogP) is 3.87. The van der Waals surface area contributed by atoms with Crippen LogP contribution in [0.15, 0.2) is 24.3 Å². The van der Waals surface area contributed by atoms with E-state index in [1.54, 1.807) is 12.0 Å². The van der Waals surface area contributed by atoms with Crippen molar-refractivity contribution in [1.82, 2.24) is 9.80 Å². The lowest BCUT2D eigenvalue weighted by Crippen LogP contribution is -2.48. The van der Waals surface area contributed by atoms with Gasteiger partial charge in [-0.3, -0.25) is 4.90 Å². The number of alkyl halides is 1. The van der Waals surface area contributed by atoms with Crippen LogP contribution in [0.25, 0.3) is 0 Å². The summed E-state index contributed by atoms with van der Waals surface area (Å²) in [6.45, 7) is 2.72. The van der Waals surface area contributed by atoms with Crippen molar-refractivity contribution in [2.24, 2.45) is 5.92 Å². The lowest BCUT2D eigenvalue weighted by atomic mass is 9.83. The Bertz CT molecular complexity index is 605. The summed E-state index contributed by atoms with van der Waals surface area (Å²) < 4.78 is 22.5. The quantitative estimate of drug-likeness (QED) is 0.754. The Balaban J connectivity index is 1.57. The molecule has 0 aliphatic carbocycles. The molecule has 1 aromatic rings. The third kappa shape index (κ3) is 5.34. The summed E-state index contributed by atoms with van der Waals surface area (Å²) in [5, 5.41) is 0. The fourth-order valence-electron chi connectivity index (χ4n) is 4.44. The number of benzene rings is 1. The number of piperidine rings is 2. The normalized spacial score (nSPS) is 21.9. The molecule has 1 unspecified atom stereocenters. The molecule has 0 radical (unpaired) electrons. The summed E-state index contributed by atoms with van der Waals surface area (Å²) in [7, 11) is 1.70. The zero-order valence-corrected chi connectivity index (χ0v) is 16.2. The van der Waals surface area contributed by atoms with Gasteiger partial charge >= 0.3 is 6.09 Å². The Labute approximate surface area is 161 Å². The molecule has 2 saturated heterocycles. The van der Waals surface area contributed by atoms with Gasteiger partial charge in [-0.15, -0.1) is 0 Å². The first-order chi connectivity index (χ1) is 13.2. The van der Waals surface area contributed by atoms with Gasteiger partial charge in [0.25, 0.3) is 0 Å². The molecule has 1 aromatic carbocycles. The first-order valence-corrected chi connectivity index (χ1v) is 10.1. The van der Waals surface area contributed by atoms with Gasteiger partial charge < -0.3 is 14.4 Å². The summed E-state index contributed by atoms with van der Waals surface area (Å²) in [5.74, 6) is 1.50. The number of hydrogen-bond donors (Lipinski definition) is 0. The molecular formula is C21H31FN2O3. The smallest absolute Gasteiger partial charge is 0.409 e. The summed E-state index contributed by atoms with van der Waals surface area (Å²) in [6.07, 6.45) is 5.35. The van der Waals surface area contributed by atoms with E-state index >= 15 is 0 Å². The van der Waals surface area contributed by atoms with Gasteiger partial charge in [0.15, 0.2) is 0 Å². The van der Waals surface area contributed by atoms with Gasteiger partial charge in [0.2, 0.25) is 0 Å². The fourth-order valence-corrected chi connectivity index (χ4v) is 4.44. The molecule has 27 heavy (non-hydrogen) atoms. The number of hydrogen-bond acceptors (Lipinski definition) is 4. The first-order valence-electron chi connectivity index (χ1n) is 10.1. The van der Waals surface area contributed by atoms with Crippen LogP contribution in [0.4, 0.5) is 9.18 Å². The topological polar surface area (TPSA) is 42.0 Å². The van der Waals surface area contributed by atoms with E-state index in [1.807, 2.05) is 6.07 Å². The Kier molecular flexibility index (Phi) is 7.33. The monoisotopic (exact) mass is 378 g/mol. The third-order valence-electron chi connectivity index (χ3n) is 5.83. The molecular weight excluding hydrogens is 347 g/mol. The molecule has 0 spiro atoms. The second-order valence-electron chi connectivity index (χ2n) is 7.51. The molecule has 150 valence electrons. The maximum atomic E-state index is 12.2. The summed E-state index contributed by atoms with van der Waals surface area (Å²) >= 11 is 0. The van der Waals surface area contributed by atoms with Gasteiger partial charge in [0.05, 0.1) is 7.11 Å². The van der Waals surface area contributed by atoms with Gasteiger partial charge in [-0.2, -0.15) is 0 Å². The molecule has 0 bridgehead atoms. The molecule has 2 aliphatic rings. The van der Waals surface area contributed by atoms with Gasteiger partial charge in [-0.25, -0.2) is 9.18 Å². The van der Waals surface area contributed by atoms with E-state index in [2.05, 4.69) is 23.1 Å². The molecule has 2 aliphatic heterocycles. The van der Waals surface area contributed by atoms with E-state index in [9.17, 15) is 9.18 Å². The maximum Gasteiger partial charge on any atom is 0.409 e. The number of carbonyl (C=O) groups excluding carboxylic acids is 1.